The molecule has 0 atom stereocenters. The highest BCUT2D eigenvalue weighted by atomic mass is 16.5. The van der Waals surface area contributed by atoms with Gasteiger partial charge in [0.2, 0.25) is 5.88 Å². The average Bonchev–Trinajstić information content (AvgIpc) is 2.60. The summed E-state index contributed by atoms with van der Waals surface area (Å²) < 4.78 is 11.0. The number of para-hydroxylation sites is 3. The molecule has 1 aromatic heterocycles. The molecule has 0 saturated carbocycles. The van der Waals surface area contributed by atoms with E-state index in [-0.39, 0.29) is 0 Å². The summed E-state index contributed by atoms with van der Waals surface area (Å²) in [7, 11) is 1.60. The molecule has 116 valence electrons. The van der Waals surface area contributed by atoms with E-state index in [1.165, 1.54) is 6.33 Å². The SMILES string of the molecule is COc1ccccc1Nc1ncnc(Oc2ccccc2)c1N. The van der Waals surface area contributed by atoms with Crippen molar-refractivity contribution in [3.8, 4) is 17.4 Å². The summed E-state index contributed by atoms with van der Waals surface area (Å²) >= 11 is 0. The zero-order valence-corrected chi connectivity index (χ0v) is 12.6. The van der Waals surface area contributed by atoms with Crippen molar-refractivity contribution < 1.29 is 9.47 Å². The molecule has 0 aliphatic carbocycles. The molecule has 0 unspecified atom stereocenters. The molecule has 0 bridgehead atoms. The lowest BCUT2D eigenvalue weighted by molar-refractivity contribution is 0.417. The Morgan fingerprint density at radius 3 is 2.48 bits per heavy atom. The minimum Gasteiger partial charge on any atom is -0.495 e. The van der Waals surface area contributed by atoms with Gasteiger partial charge in [0.05, 0.1) is 12.8 Å². The molecule has 3 rings (SSSR count). The number of hydrogen-bond acceptors (Lipinski definition) is 6. The van der Waals surface area contributed by atoms with Crippen molar-refractivity contribution in [2.75, 3.05) is 18.2 Å². The third kappa shape index (κ3) is 3.32. The summed E-state index contributed by atoms with van der Waals surface area (Å²) in [5.74, 6) is 2.09. The fraction of sp³-hybridized carbons (Fsp3) is 0.0588. The lowest BCUT2D eigenvalue weighted by atomic mass is 10.3. The first-order valence-corrected chi connectivity index (χ1v) is 7.01. The molecule has 0 aliphatic heterocycles. The van der Waals surface area contributed by atoms with Crippen LogP contribution in [0.1, 0.15) is 0 Å². The molecule has 3 aromatic rings. The molecule has 0 amide bonds. The number of hydrogen-bond donors (Lipinski definition) is 2. The number of benzene rings is 2. The van der Waals surface area contributed by atoms with Gasteiger partial charge in [-0.2, -0.15) is 4.98 Å². The second kappa shape index (κ2) is 6.65. The molecular weight excluding hydrogens is 292 g/mol. The maximum atomic E-state index is 6.12. The van der Waals surface area contributed by atoms with Crippen LogP contribution in [-0.4, -0.2) is 17.1 Å². The van der Waals surface area contributed by atoms with Gasteiger partial charge in [-0.05, 0) is 24.3 Å². The summed E-state index contributed by atoms with van der Waals surface area (Å²) in [4.78, 5) is 8.26. The lowest BCUT2D eigenvalue weighted by Gasteiger charge is -2.13. The van der Waals surface area contributed by atoms with Gasteiger partial charge in [-0.25, -0.2) is 4.98 Å². The molecular formula is C17H16N4O2. The number of nitrogens with one attached hydrogen (secondary N) is 1. The third-order valence-electron chi connectivity index (χ3n) is 3.17. The number of methoxy groups -OCH3 is 1. The molecule has 3 N–H and O–H groups in total. The fourth-order valence-electron chi connectivity index (χ4n) is 2.04. The van der Waals surface area contributed by atoms with Crippen molar-refractivity contribution in [1.29, 1.82) is 0 Å². The van der Waals surface area contributed by atoms with E-state index in [0.29, 0.717) is 28.9 Å². The van der Waals surface area contributed by atoms with E-state index in [4.69, 9.17) is 15.2 Å². The Labute approximate surface area is 133 Å². The van der Waals surface area contributed by atoms with Crippen LogP contribution >= 0.6 is 0 Å². The predicted octanol–water partition coefficient (Wildman–Crippen LogP) is 3.60. The van der Waals surface area contributed by atoms with Gasteiger partial charge in [0, 0.05) is 0 Å². The first-order valence-electron chi connectivity index (χ1n) is 7.01. The Morgan fingerprint density at radius 1 is 0.957 bits per heavy atom. The topological polar surface area (TPSA) is 82.3 Å². The molecule has 0 radical (unpaired) electrons. The van der Waals surface area contributed by atoms with Crippen LogP contribution in [0.5, 0.6) is 17.4 Å². The van der Waals surface area contributed by atoms with Gasteiger partial charge < -0.3 is 20.5 Å². The highest BCUT2D eigenvalue weighted by Crippen LogP contribution is 2.33. The van der Waals surface area contributed by atoms with Gasteiger partial charge in [0.15, 0.2) is 5.82 Å². The van der Waals surface area contributed by atoms with Crippen molar-refractivity contribution in [2.45, 2.75) is 0 Å². The largest absolute Gasteiger partial charge is 0.495 e. The minimum atomic E-state index is 0.295. The Hall–Kier alpha value is -3.28. The van der Waals surface area contributed by atoms with E-state index in [1.54, 1.807) is 7.11 Å². The Bertz CT molecular complexity index is 794. The summed E-state index contributed by atoms with van der Waals surface area (Å²) in [6.07, 6.45) is 1.40. The quantitative estimate of drug-likeness (QED) is 0.749. The first-order chi connectivity index (χ1) is 11.3. The van der Waals surface area contributed by atoms with Gasteiger partial charge >= 0.3 is 0 Å². The van der Waals surface area contributed by atoms with Crippen LogP contribution in [0.25, 0.3) is 0 Å². The highest BCUT2D eigenvalue weighted by molar-refractivity contribution is 5.74. The zero-order chi connectivity index (χ0) is 16.1. The van der Waals surface area contributed by atoms with Crippen LogP contribution < -0.4 is 20.5 Å². The van der Waals surface area contributed by atoms with Crippen molar-refractivity contribution in [2.24, 2.45) is 0 Å². The molecule has 0 aliphatic rings. The van der Waals surface area contributed by atoms with Gasteiger partial charge in [-0.3, -0.25) is 0 Å². The first kappa shape index (κ1) is 14.6. The molecule has 1 heterocycles. The lowest BCUT2D eigenvalue weighted by Crippen LogP contribution is -2.03. The Balaban J connectivity index is 1.88. The average molecular weight is 308 g/mol. The summed E-state index contributed by atoms with van der Waals surface area (Å²) in [6, 6.07) is 16.8. The van der Waals surface area contributed by atoms with E-state index in [9.17, 15) is 0 Å². The molecule has 0 spiro atoms. The van der Waals surface area contributed by atoms with Gasteiger partial charge in [-0.1, -0.05) is 30.3 Å². The summed E-state index contributed by atoms with van der Waals surface area (Å²) in [5, 5.41) is 3.14. The maximum absolute atomic E-state index is 6.12. The number of ether oxygens (including phenoxy) is 2. The monoisotopic (exact) mass is 308 g/mol. The van der Waals surface area contributed by atoms with Gasteiger partial charge in [-0.15, -0.1) is 0 Å². The van der Waals surface area contributed by atoms with Crippen molar-refractivity contribution in [3.05, 3.63) is 60.9 Å². The standard InChI is InChI=1S/C17H16N4O2/c1-22-14-10-6-5-9-13(14)21-16-15(18)17(20-11-19-16)23-12-7-3-2-4-8-12/h2-11H,18H2,1H3,(H,19,20,21). The van der Waals surface area contributed by atoms with Crippen molar-refractivity contribution in [3.63, 3.8) is 0 Å². The van der Waals surface area contributed by atoms with Crippen LogP contribution in [0.2, 0.25) is 0 Å². The molecule has 2 aromatic carbocycles. The smallest absolute Gasteiger partial charge is 0.248 e. The van der Waals surface area contributed by atoms with E-state index in [1.807, 2.05) is 54.6 Å². The van der Waals surface area contributed by atoms with E-state index >= 15 is 0 Å². The van der Waals surface area contributed by atoms with E-state index in [0.717, 1.165) is 5.69 Å². The highest BCUT2D eigenvalue weighted by Gasteiger charge is 2.12. The number of anilines is 3. The minimum absolute atomic E-state index is 0.295. The van der Waals surface area contributed by atoms with Crippen LogP contribution in [0.4, 0.5) is 17.2 Å². The normalized spacial score (nSPS) is 10.1. The Kier molecular flexibility index (Phi) is 4.24. The van der Waals surface area contributed by atoms with Crippen LogP contribution in [0, 0.1) is 0 Å². The number of nitrogen functional groups attached to an aromatic ring is 1. The number of nitrogens with zero attached hydrogens (tertiary/aromatic N) is 2. The fourth-order valence-corrected chi connectivity index (χ4v) is 2.04. The second-order valence-corrected chi connectivity index (χ2v) is 4.68. The third-order valence-corrected chi connectivity index (χ3v) is 3.17. The molecule has 6 heteroatoms. The maximum Gasteiger partial charge on any atom is 0.248 e. The zero-order valence-electron chi connectivity index (χ0n) is 12.6. The number of aromatic nitrogens is 2. The van der Waals surface area contributed by atoms with Crippen LogP contribution in [0.3, 0.4) is 0 Å². The molecule has 0 saturated heterocycles. The van der Waals surface area contributed by atoms with Crippen LogP contribution in [0.15, 0.2) is 60.9 Å². The van der Waals surface area contributed by atoms with Gasteiger partial charge in [0.25, 0.3) is 0 Å². The molecule has 6 nitrogen and oxygen atoms in total. The number of nitrogens with two attached hydrogens (primary N) is 1. The molecule has 23 heavy (non-hydrogen) atoms. The summed E-state index contributed by atoms with van der Waals surface area (Å²) in [5.41, 5.74) is 7.19. The Morgan fingerprint density at radius 2 is 1.70 bits per heavy atom. The van der Waals surface area contributed by atoms with E-state index in [2.05, 4.69) is 15.3 Å². The number of rotatable bonds is 5. The van der Waals surface area contributed by atoms with Crippen LogP contribution in [-0.2, 0) is 0 Å². The van der Waals surface area contributed by atoms with Crippen molar-refractivity contribution >= 4 is 17.2 Å². The second-order valence-electron chi connectivity index (χ2n) is 4.68. The predicted molar refractivity (Wildman–Crippen MR) is 89.2 cm³/mol. The molecule has 0 fully saturated rings. The van der Waals surface area contributed by atoms with Crippen molar-refractivity contribution in [1.82, 2.24) is 9.97 Å². The summed E-state index contributed by atoms with van der Waals surface area (Å²) in [6.45, 7) is 0. The van der Waals surface area contributed by atoms with Gasteiger partial charge in [0.1, 0.15) is 23.5 Å². The van der Waals surface area contributed by atoms with E-state index < -0.39 is 0 Å².